The summed E-state index contributed by atoms with van der Waals surface area (Å²) < 4.78 is 5.46. The van der Waals surface area contributed by atoms with E-state index in [0.29, 0.717) is 41.2 Å². The second kappa shape index (κ2) is 10.3. The Morgan fingerprint density at radius 2 is 1.72 bits per heavy atom. The number of amides is 1. The average Bonchev–Trinajstić information content (AvgIpc) is 3.03. The smallest absolute Gasteiger partial charge is 0.303 e. The number of carboxylic acids is 1. The van der Waals surface area contributed by atoms with Gasteiger partial charge in [0.05, 0.1) is 18.7 Å². The number of halogens is 1. The van der Waals surface area contributed by atoms with Crippen molar-refractivity contribution in [1.29, 1.82) is 0 Å². The van der Waals surface area contributed by atoms with E-state index in [2.05, 4.69) is 0 Å². The molecule has 0 bridgehead atoms. The number of nitrogens with zero attached hydrogens (tertiary/aromatic N) is 1. The number of benzene rings is 2. The number of Topliss-reactive ketones (excluding diaryl/α,β-unsaturated/α-hetero) is 1. The third-order valence-electron chi connectivity index (χ3n) is 5.38. The Morgan fingerprint density at radius 3 is 2.38 bits per heavy atom. The molecule has 8 heteroatoms. The molecule has 1 heterocycles. The highest BCUT2D eigenvalue weighted by atomic mass is 35.5. The van der Waals surface area contributed by atoms with Gasteiger partial charge in [-0.15, -0.1) is 0 Å². The number of carbonyl (C=O) groups is 3. The zero-order valence-electron chi connectivity index (χ0n) is 17.6. The van der Waals surface area contributed by atoms with Gasteiger partial charge >= 0.3 is 5.97 Å². The van der Waals surface area contributed by atoms with E-state index < -0.39 is 23.7 Å². The number of ether oxygens (including phenoxy) is 1. The molecule has 0 saturated carbocycles. The highest BCUT2D eigenvalue weighted by Gasteiger charge is 2.46. The maximum absolute atomic E-state index is 13.0. The molecule has 32 heavy (non-hydrogen) atoms. The van der Waals surface area contributed by atoms with Crippen LogP contribution in [0.1, 0.15) is 42.9 Å². The van der Waals surface area contributed by atoms with Crippen molar-refractivity contribution in [3.8, 4) is 5.75 Å². The summed E-state index contributed by atoms with van der Waals surface area (Å²) in [6, 6.07) is 12.5. The molecular weight excluding hydrogens is 434 g/mol. The first-order chi connectivity index (χ1) is 15.3. The number of likely N-dealkylation sites (tertiary alicyclic amines) is 1. The normalized spacial score (nSPS) is 17.6. The van der Waals surface area contributed by atoms with Crippen molar-refractivity contribution >= 4 is 35.0 Å². The third kappa shape index (κ3) is 4.94. The first-order valence-corrected chi connectivity index (χ1v) is 10.6. The Kier molecular flexibility index (Phi) is 7.53. The van der Waals surface area contributed by atoms with Crippen molar-refractivity contribution in [2.24, 2.45) is 0 Å². The number of aliphatic hydroxyl groups is 1. The molecule has 1 fully saturated rings. The van der Waals surface area contributed by atoms with E-state index in [9.17, 15) is 19.5 Å². The van der Waals surface area contributed by atoms with Crippen LogP contribution in [-0.2, 0) is 14.4 Å². The summed E-state index contributed by atoms with van der Waals surface area (Å²) in [4.78, 5) is 38.1. The molecule has 7 nitrogen and oxygen atoms in total. The van der Waals surface area contributed by atoms with Crippen LogP contribution < -0.4 is 4.74 Å². The molecule has 2 aromatic rings. The topological polar surface area (TPSA) is 104 Å². The second-order valence-electron chi connectivity index (χ2n) is 7.45. The lowest BCUT2D eigenvalue weighted by atomic mass is 9.94. The number of hydrogen-bond donors (Lipinski definition) is 2. The lowest BCUT2D eigenvalue weighted by Crippen LogP contribution is -2.31. The minimum atomic E-state index is -0.873. The fourth-order valence-corrected chi connectivity index (χ4v) is 3.95. The zero-order chi connectivity index (χ0) is 23.3. The van der Waals surface area contributed by atoms with Crippen LogP contribution in [0, 0.1) is 0 Å². The number of rotatable bonds is 9. The SMILES string of the molecule is COc1ccccc1C1/C(=C(/O)c2ccc(Cl)cc2)C(=O)C(=O)N1CCCCCC(=O)O. The van der Waals surface area contributed by atoms with Crippen LogP contribution >= 0.6 is 11.6 Å². The lowest BCUT2D eigenvalue weighted by Gasteiger charge is -2.26. The molecule has 1 saturated heterocycles. The van der Waals surface area contributed by atoms with E-state index >= 15 is 0 Å². The standard InChI is InChI=1S/C24H24ClNO6/c1-32-18-8-5-4-7-17(18)21-20(22(29)15-10-12-16(25)13-11-15)23(30)24(31)26(21)14-6-2-3-9-19(27)28/h4-5,7-8,10-13,21,29H,2-3,6,9,14H2,1H3,(H,27,28)/b22-20-. The fraction of sp³-hybridized carbons (Fsp3) is 0.292. The van der Waals surface area contributed by atoms with Gasteiger partial charge in [0.2, 0.25) is 0 Å². The molecule has 2 aromatic carbocycles. The highest BCUT2D eigenvalue weighted by molar-refractivity contribution is 6.46. The highest BCUT2D eigenvalue weighted by Crippen LogP contribution is 2.42. The molecule has 0 aromatic heterocycles. The van der Waals surface area contributed by atoms with Gasteiger partial charge in [-0.25, -0.2) is 0 Å². The van der Waals surface area contributed by atoms with Crippen LogP contribution in [0.5, 0.6) is 5.75 Å². The number of carboxylic acid groups (broad SMARTS) is 1. The summed E-state index contributed by atoms with van der Waals surface area (Å²) in [5, 5.41) is 20.3. The van der Waals surface area contributed by atoms with E-state index in [1.165, 1.54) is 12.0 Å². The van der Waals surface area contributed by atoms with Crippen LogP contribution in [0.3, 0.4) is 0 Å². The first-order valence-electron chi connectivity index (χ1n) is 10.2. The van der Waals surface area contributed by atoms with Crippen LogP contribution in [0.25, 0.3) is 5.76 Å². The number of ketones is 1. The van der Waals surface area contributed by atoms with Gasteiger partial charge in [-0.05, 0) is 43.2 Å². The van der Waals surface area contributed by atoms with Crippen molar-refractivity contribution in [2.45, 2.75) is 31.7 Å². The monoisotopic (exact) mass is 457 g/mol. The van der Waals surface area contributed by atoms with Gasteiger partial charge in [0.25, 0.3) is 11.7 Å². The number of methoxy groups -OCH3 is 1. The maximum Gasteiger partial charge on any atom is 0.303 e. The number of unbranched alkanes of at least 4 members (excludes halogenated alkanes) is 2. The van der Waals surface area contributed by atoms with E-state index in [4.69, 9.17) is 21.4 Å². The lowest BCUT2D eigenvalue weighted by molar-refractivity contribution is -0.140. The number of aliphatic carboxylic acids is 1. The Balaban J connectivity index is 2.02. The van der Waals surface area contributed by atoms with Crippen LogP contribution in [0.4, 0.5) is 0 Å². The van der Waals surface area contributed by atoms with E-state index in [0.717, 1.165) is 0 Å². The molecule has 1 aliphatic heterocycles. The largest absolute Gasteiger partial charge is 0.507 e. The molecule has 2 N–H and O–H groups in total. The average molecular weight is 458 g/mol. The molecule has 0 radical (unpaired) electrons. The fourth-order valence-electron chi connectivity index (χ4n) is 3.82. The zero-order valence-corrected chi connectivity index (χ0v) is 18.3. The molecule has 3 rings (SSSR count). The second-order valence-corrected chi connectivity index (χ2v) is 7.88. The minimum absolute atomic E-state index is 0.0210. The van der Waals surface area contributed by atoms with Gasteiger partial charge in [-0.1, -0.05) is 36.2 Å². The maximum atomic E-state index is 13.0. The Labute approximate surface area is 190 Å². The van der Waals surface area contributed by atoms with E-state index in [1.54, 1.807) is 48.5 Å². The molecular formula is C24H24ClNO6. The van der Waals surface area contributed by atoms with Gasteiger partial charge in [-0.3, -0.25) is 14.4 Å². The molecule has 1 unspecified atom stereocenters. The third-order valence-corrected chi connectivity index (χ3v) is 5.63. The van der Waals surface area contributed by atoms with E-state index in [1.807, 2.05) is 0 Å². The Bertz CT molecular complexity index is 1050. The van der Waals surface area contributed by atoms with Gasteiger partial charge in [-0.2, -0.15) is 0 Å². The quantitative estimate of drug-likeness (QED) is 0.250. The molecule has 168 valence electrons. The van der Waals surface area contributed by atoms with Crippen molar-refractivity contribution < 1.29 is 29.3 Å². The van der Waals surface area contributed by atoms with Crippen LogP contribution in [0.15, 0.2) is 54.1 Å². The number of hydrogen-bond acceptors (Lipinski definition) is 5. The van der Waals surface area contributed by atoms with E-state index in [-0.39, 0.29) is 24.3 Å². The number of carbonyl (C=O) groups excluding carboxylic acids is 2. The molecule has 1 amide bonds. The van der Waals surface area contributed by atoms with Crippen molar-refractivity contribution in [2.75, 3.05) is 13.7 Å². The molecule has 1 atom stereocenters. The van der Waals surface area contributed by atoms with Crippen molar-refractivity contribution in [3.63, 3.8) is 0 Å². The van der Waals surface area contributed by atoms with Crippen LogP contribution in [-0.4, -0.2) is 46.4 Å². The summed E-state index contributed by atoms with van der Waals surface area (Å²) in [6.07, 6.45) is 1.63. The van der Waals surface area contributed by atoms with Gasteiger partial charge in [0, 0.05) is 29.1 Å². The van der Waals surface area contributed by atoms with Crippen molar-refractivity contribution in [3.05, 3.63) is 70.3 Å². The van der Waals surface area contributed by atoms with Crippen LogP contribution in [0.2, 0.25) is 5.02 Å². The summed E-state index contributed by atoms with van der Waals surface area (Å²) in [6.45, 7) is 0.240. The number of aliphatic hydroxyl groups excluding tert-OH is 1. The van der Waals surface area contributed by atoms with Gasteiger partial charge in [0.1, 0.15) is 11.5 Å². The Morgan fingerprint density at radius 1 is 1.03 bits per heavy atom. The van der Waals surface area contributed by atoms with Gasteiger partial charge < -0.3 is 19.8 Å². The molecule has 0 aliphatic carbocycles. The summed E-state index contributed by atoms with van der Waals surface area (Å²) in [5.41, 5.74) is 0.927. The summed E-state index contributed by atoms with van der Waals surface area (Å²) in [7, 11) is 1.50. The summed E-state index contributed by atoms with van der Waals surface area (Å²) >= 11 is 5.94. The van der Waals surface area contributed by atoms with Gasteiger partial charge in [0.15, 0.2) is 0 Å². The number of para-hydroxylation sites is 1. The summed E-state index contributed by atoms with van der Waals surface area (Å²) in [5.74, 6) is -2.17. The first kappa shape index (κ1) is 23.3. The Hall–Kier alpha value is -3.32. The predicted octanol–water partition coefficient (Wildman–Crippen LogP) is 4.42. The molecule has 1 aliphatic rings. The predicted molar refractivity (Wildman–Crippen MR) is 120 cm³/mol. The van der Waals surface area contributed by atoms with Crippen molar-refractivity contribution in [1.82, 2.24) is 4.90 Å². The molecule has 0 spiro atoms. The minimum Gasteiger partial charge on any atom is -0.507 e.